The van der Waals surface area contributed by atoms with Crippen molar-refractivity contribution in [3.63, 3.8) is 0 Å². The van der Waals surface area contributed by atoms with E-state index in [1.807, 2.05) is 18.2 Å². The molecule has 0 heterocycles. The summed E-state index contributed by atoms with van der Waals surface area (Å²) in [5, 5.41) is 13.0. The molecule has 0 aliphatic heterocycles. The Bertz CT molecular complexity index is 660. The second-order valence-corrected chi connectivity index (χ2v) is 5.30. The zero-order valence-electron chi connectivity index (χ0n) is 14.1. The van der Waals surface area contributed by atoms with Gasteiger partial charge in [0.15, 0.2) is 0 Å². The van der Waals surface area contributed by atoms with Crippen LogP contribution < -0.4 is 20.5 Å². The monoisotopic (exact) mass is 366 g/mol. The molecule has 6 nitrogen and oxygen atoms in total. The number of aliphatic hydroxyl groups is 1. The van der Waals surface area contributed by atoms with Gasteiger partial charge in [0.25, 0.3) is 0 Å². The predicted molar refractivity (Wildman–Crippen MR) is 98.1 cm³/mol. The molecule has 2 rings (SSSR count). The summed E-state index contributed by atoms with van der Waals surface area (Å²) in [6, 6.07) is 13.4. The fourth-order valence-electron chi connectivity index (χ4n) is 2.26. The van der Waals surface area contributed by atoms with E-state index in [4.69, 9.17) is 15.2 Å². The van der Waals surface area contributed by atoms with E-state index in [1.54, 1.807) is 30.3 Å². The van der Waals surface area contributed by atoms with E-state index >= 15 is 0 Å². The maximum Gasteiger partial charge on any atom is 0.241 e. The van der Waals surface area contributed by atoms with Gasteiger partial charge in [-0.05, 0) is 23.3 Å². The molecule has 0 saturated carbocycles. The molecule has 2 aromatic carbocycles. The van der Waals surface area contributed by atoms with E-state index in [1.165, 1.54) is 14.2 Å². The zero-order chi connectivity index (χ0) is 17.5. The second-order valence-electron chi connectivity index (χ2n) is 5.30. The first-order chi connectivity index (χ1) is 11.5. The van der Waals surface area contributed by atoms with Crippen LogP contribution in [-0.4, -0.2) is 31.8 Å². The molecule has 4 N–H and O–H groups in total. The lowest BCUT2D eigenvalue weighted by Gasteiger charge is -2.17. The van der Waals surface area contributed by atoms with Gasteiger partial charge in [0.2, 0.25) is 5.91 Å². The summed E-state index contributed by atoms with van der Waals surface area (Å²) >= 11 is 0. The smallest absolute Gasteiger partial charge is 0.241 e. The number of amides is 1. The van der Waals surface area contributed by atoms with Crippen LogP contribution in [0.25, 0.3) is 0 Å². The van der Waals surface area contributed by atoms with Crippen LogP contribution in [0.3, 0.4) is 0 Å². The van der Waals surface area contributed by atoms with Crippen LogP contribution in [0.2, 0.25) is 0 Å². The highest BCUT2D eigenvalue weighted by molar-refractivity contribution is 5.85. The molecule has 2 aromatic rings. The van der Waals surface area contributed by atoms with E-state index in [-0.39, 0.29) is 24.9 Å². The summed E-state index contributed by atoms with van der Waals surface area (Å²) in [6.45, 7) is 0.0374. The Balaban J connectivity index is 0.00000312. The molecule has 0 aliphatic rings. The lowest BCUT2D eigenvalue weighted by atomic mass is 10.1. The average molecular weight is 367 g/mol. The van der Waals surface area contributed by atoms with E-state index in [0.29, 0.717) is 22.6 Å². The van der Waals surface area contributed by atoms with Crippen molar-refractivity contribution >= 4 is 18.3 Å². The number of aliphatic hydroxyl groups excluding tert-OH is 1. The summed E-state index contributed by atoms with van der Waals surface area (Å²) in [5.41, 5.74) is 7.22. The van der Waals surface area contributed by atoms with Crippen molar-refractivity contribution in [3.05, 3.63) is 59.7 Å². The Hall–Kier alpha value is -2.28. The quantitative estimate of drug-likeness (QED) is 0.696. The summed E-state index contributed by atoms with van der Waals surface area (Å²) in [6.07, 6.45) is -0.902. The highest BCUT2D eigenvalue weighted by Gasteiger charge is 2.17. The maximum atomic E-state index is 12.1. The van der Waals surface area contributed by atoms with E-state index < -0.39 is 12.1 Å². The third-order valence-electron chi connectivity index (χ3n) is 3.67. The summed E-state index contributed by atoms with van der Waals surface area (Å²) in [4.78, 5) is 12.1. The minimum atomic E-state index is -0.902. The molecule has 25 heavy (non-hydrogen) atoms. The van der Waals surface area contributed by atoms with Gasteiger partial charge in [-0.1, -0.05) is 30.3 Å². The van der Waals surface area contributed by atoms with Gasteiger partial charge in [-0.15, -0.1) is 12.4 Å². The van der Waals surface area contributed by atoms with Crippen LogP contribution in [0.15, 0.2) is 48.5 Å². The molecule has 0 spiro atoms. The largest absolute Gasteiger partial charge is 0.497 e. The standard InChI is InChI=1S/C18H22N2O4.ClH/c1-23-14-8-13(9-15(10-14)24-2)16(21)11-20-18(22)17(19)12-6-4-3-5-7-12;/h3-10,16-17,21H,11,19H2,1-2H3,(H,20,22);1H. The number of nitrogens with two attached hydrogens (primary N) is 1. The SMILES string of the molecule is COc1cc(OC)cc(C(O)CNC(=O)C(N)c2ccccc2)c1.Cl. The molecular weight excluding hydrogens is 344 g/mol. The number of ether oxygens (including phenoxy) is 2. The molecule has 0 saturated heterocycles. The van der Waals surface area contributed by atoms with Gasteiger partial charge in [0.05, 0.1) is 20.3 Å². The molecule has 7 heteroatoms. The topological polar surface area (TPSA) is 93.8 Å². The summed E-state index contributed by atoms with van der Waals surface area (Å²) in [7, 11) is 3.07. The molecule has 0 aromatic heterocycles. The van der Waals surface area contributed by atoms with Crippen molar-refractivity contribution in [1.29, 1.82) is 0 Å². The number of halogens is 1. The number of hydrogen-bond donors (Lipinski definition) is 3. The number of carbonyl (C=O) groups excluding carboxylic acids is 1. The Kier molecular flexibility index (Phi) is 8.21. The highest BCUT2D eigenvalue weighted by Crippen LogP contribution is 2.26. The molecule has 2 atom stereocenters. The highest BCUT2D eigenvalue weighted by atomic mass is 35.5. The zero-order valence-corrected chi connectivity index (χ0v) is 15.0. The van der Waals surface area contributed by atoms with Gasteiger partial charge in [-0.2, -0.15) is 0 Å². The first-order valence-corrected chi connectivity index (χ1v) is 7.54. The van der Waals surface area contributed by atoms with E-state index in [0.717, 1.165) is 0 Å². The Morgan fingerprint density at radius 1 is 1.08 bits per heavy atom. The number of benzene rings is 2. The fraction of sp³-hybridized carbons (Fsp3) is 0.278. The predicted octanol–water partition coefficient (Wildman–Crippen LogP) is 1.98. The Morgan fingerprint density at radius 2 is 1.64 bits per heavy atom. The molecular formula is C18H23ClN2O4. The maximum absolute atomic E-state index is 12.1. The number of carbonyl (C=O) groups is 1. The molecule has 0 fully saturated rings. The Labute approximate surface area is 153 Å². The third-order valence-corrected chi connectivity index (χ3v) is 3.67. The lowest BCUT2D eigenvalue weighted by molar-refractivity contribution is -0.122. The van der Waals surface area contributed by atoms with Crippen LogP contribution in [0.5, 0.6) is 11.5 Å². The van der Waals surface area contributed by atoms with Crippen molar-refractivity contribution in [3.8, 4) is 11.5 Å². The molecule has 1 amide bonds. The summed E-state index contributed by atoms with van der Waals surface area (Å²) < 4.78 is 10.3. The number of nitrogens with one attached hydrogen (secondary N) is 1. The average Bonchev–Trinajstić information content (AvgIpc) is 2.65. The molecule has 0 radical (unpaired) electrons. The Morgan fingerprint density at radius 3 is 2.16 bits per heavy atom. The van der Waals surface area contributed by atoms with Gasteiger partial charge in [-0.25, -0.2) is 0 Å². The van der Waals surface area contributed by atoms with Gasteiger partial charge in [0, 0.05) is 12.6 Å². The third kappa shape index (κ3) is 5.63. The first-order valence-electron chi connectivity index (χ1n) is 7.54. The van der Waals surface area contributed by atoms with Crippen LogP contribution >= 0.6 is 12.4 Å². The van der Waals surface area contributed by atoms with Crippen molar-refractivity contribution in [2.75, 3.05) is 20.8 Å². The first kappa shape index (κ1) is 20.8. The van der Waals surface area contributed by atoms with Crippen LogP contribution in [0.4, 0.5) is 0 Å². The van der Waals surface area contributed by atoms with Gasteiger partial charge in [-0.3, -0.25) is 4.79 Å². The van der Waals surface area contributed by atoms with Crippen molar-refractivity contribution in [2.45, 2.75) is 12.1 Å². The van der Waals surface area contributed by atoms with Gasteiger partial charge >= 0.3 is 0 Å². The fourth-order valence-corrected chi connectivity index (χ4v) is 2.26. The lowest BCUT2D eigenvalue weighted by Crippen LogP contribution is -2.36. The molecule has 0 bridgehead atoms. The van der Waals surface area contributed by atoms with E-state index in [2.05, 4.69) is 5.32 Å². The van der Waals surface area contributed by atoms with Gasteiger partial charge in [0.1, 0.15) is 17.5 Å². The minimum Gasteiger partial charge on any atom is -0.497 e. The number of methoxy groups -OCH3 is 2. The molecule has 2 unspecified atom stereocenters. The normalized spacial score (nSPS) is 12.5. The second kappa shape index (κ2) is 9.88. The van der Waals surface area contributed by atoms with E-state index in [9.17, 15) is 9.90 Å². The minimum absolute atomic E-state index is 0. The molecule has 136 valence electrons. The van der Waals surface area contributed by atoms with Crippen LogP contribution in [0.1, 0.15) is 23.3 Å². The van der Waals surface area contributed by atoms with Crippen LogP contribution in [0, 0.1) is 0 Å². The van der Waals surface area contributed by atoms with Crippen molar-refractivity contribution in [1.82, 2.24) is 5.32 Å². The van der Waals surface area contributed by atoms with Crippen molar-refractivity contribution < 1.29 is 19.4 Å². The molecule has 0 aliphatic carbocycles. The van der Waals surface area contributed by atoms with Crippen LogP contribution in [-0.2, 0) is 4.79 Å². The number of rotatable bonds is 7. The number of hydrogen-bond acceptors (Lipinski definition) is 5. The summed E-state index contributed by atoms with van der Waals surface area (Å²) in [5.74, 6) is 0.779. The van der Waals surface area contributed by atoms with Gasteiger partial charge < -0.3 is 25.6 Å². The van der Waals surface area contributed by atoms with Crippen molar-refractivity contribution in [2.24, 2.45) is 5.73 Å².